The molecule has 6 heteroatoms. The molecule has 0 saturated carbocycles. The van der Waals surface area contributed by atoms with E-state index in [1.54, 1.807) is 42.5 Å². The third-order valence-corrected chi connectivity index (χ3v) is 3.92. The van der Waals surface area contributed by atoms with Gasteiger partial charge in [0.2, 0.25) is 11.8 Å². The smallest absolute Gasteiger partial charge is 0.255 e. The average molecular weight is 324 g/mol. The predicted molar refractivity (Wildman–Crippen MR) is 87.5 cm³/mol. The summed E-state index contributed by atoms with van der Waals surface area (Å²) in [7, 11) is 0. The van der Waals surface area contributed by atoms with Gasteiger partial charge in [0.25, 0.3) is 5.91 Å². The van der Waals surface area contributed by atoms with Crippen LogP contribution in [0.4, 0.5) is 5.69 Å². The van der Waals surface area contributed by atoms with E-state index in [2.05, 4.69) is 10.6 Å². The predicted octanol–water partition coefficient (Wildman–Crippen LogP) is 1.85. The maximum atomic E-state index is 12.2. The van der Waals surface area contributed by atoms with Crippen LogP contribution >= 0.6 is 0 Å². The minimum Gasteiger partial charge on any atom is -0.506 e. The van der Waals surface area contributed by atoms with Crippen LogP contribution < -0.4 is 10.6 Å². The SMILES string of the molecule is O=C1CC(Cc2ccc(C(=O)Nc3ccccc3O)cc2)C(=O)N1. The van der Waals surface area contributed by atoms with Gasteiger partial charge in [0, 0.05) is 12.0 Å². The summed E-state index contributed by atoms with van der Waals surface area (Å²) in [6.45, 7) is 0. The van der Waals surface area contributed by atoms with Gasteiger partial charge in [-0.2, -0.15) is 0 Å². The van der Waals surface area contributed by atoms with E-state index in [1.165, 1.54) is 6.07 Å². The molecule has 6 nitrogen and oxygen atoms in total. The first-order valence-electron chi connectivity index (χ1n) is 7.55. The summed E-state index contributed by atoms with van der Waals surface area (Å²) in [6.07, 6.45) is 0.660. The molecule has 0 radical (unpaired) electrons. The second-order valence-electron chi connectivity index (χ2n) is 5.69. The van der Waals surface area contributed by atoms with E-state index in [0.717, 1.165) is 5.56 Å². The van der Waals surface area contributed by atoms with Crippen LogP contribution in [0.15, 0.2) is 48.5 Å². The molecule has 3 N–H and O–H groups in total. The number of anilines is 1. The van der Waals surface area contributed by atoms with Gasteiger partial charge in [-0.05, 0) is 36.2 Å². The van der Waals surface area contributed by atoms with Crippen LogP contribution in [-0.2, 0) is 16.0 Å². The molecule has 0 spiro atoms. The number of imide groups is 1. The van der Waals surface area contributed by atoms with Gasteiger partial charge < -0.3 is 10.4 Å². The van der Waals surface area contributed by atoms with Crippen LogP contribution in [0.25, 0.3) is 0 Å². The maximum absolute atomic E-state index is 12.2. The Morgan fingerprint density at radius 1 is 1.12 bits per heavy atom. The summed E-state index contributed by atoms with van der Waals surface area (Å²) < 4.78 is 0. The fraction of sp³-hybridized carbons (Fsp3) is 0.167. The van der Waals surface area contributed by atoms with Crippen molar-refractivity contribution in [1.29, 1.82) is 0 Å². The highest BCUT2D eigenvalue weighted by molar-refractivity contribution is 6.05. The molecule has 0 aliphatic carbocycles. The minimum absolute atomic E-state index is 0.000571. The molecule has 3 rings (SSSR count). The van der Waals surface area contributed by atoms with E-state index in [1.807, 2.05) is 0 Å². The lowest BCUT2D eigenvalue weighted by Gasteiger charge is -2.09. The summed E-state index contributed by atoms with van der Waals surface area (Å²) in [6, 6.07) is 13.3. The Labute approximate surface area is 138 Å². The minimum atomic E-state index is -0.349. The number of phenolic OH excluding ortho intramolecular Hbond substituents is 1. The molecule has 1 unspecified atom stereocenters. The van der Waals surface area contributed by atoms with Crippen molar-refractivity contribution in [2.75, 3.05) is 5.32 Å². The summed E-state index contributed by atoms with van der Waals surface area (Å²) in [5, 5.41) is 14.6. The topological polar surface area (TPSA) is 95.5 Å². The molecule has 122 valence electrons. The van der Waals surface area contributed by atoms with Crippen LogP contribution in [-0.4, -0.2) is 22.8 Å². The third kappa shape index (κ3) is 3.43. The van der Waals surface area contributed by atoms with Crippen molar-refractivity contribution in [2.24, 2.45) is 5.92 Å². The Balaban J connectivity index is 1.66. The van der Waals surface area contributed by atoms with Crippen molar-refractivity contribution >= 4 is 23.4 Å². The second kappa shape index (κ2) is 6.54. The van der Waals surface area contributed by atoms with Gasteiger partial charge in [-0.15, -0.1) is 0 Å². The summed E-state index contributed by atoms with van der Waals surface area (Å²) in [5.41, 5.74) is 1.66. The van der Waals surface area contributed by atoms with Gasteiger partial charge in [0.15, 0.2) is 0 Å². The maximum Gasteiger partial charge on any atom is 0.255 e. The number of hydrogen-bond donors (Lipinski definition) is 3. The molecule has 1 fully saturated rings. The van der Waals surface area contributed by atoms with E-state index < -0.39 is 0 Å². The molecule has 0 aromatic heterocycles. The fourth-order valence-electron chi connectivity index (χ4n) is 2.62. The average Bonchev–Trinajstić information content (AvgIpc) is 2.88. The lowest BCUT2D eigenvalue weighted by Crippen LogP contribution is -2.22. The highest BCUT2D eigenvalue weighted by Crippen LogP contribution is 2.22. The Bertz CT molecular complexity index is 799. The summed E-state index contributed by atoms with van der Waals surface area (Å²) in [5.74, 6) is -1.18. The normalized spacial score (nSPS) is 16.8. The number of para-hydroxylation sites is 2. The first-order chi connectivity index (χ1) is 11.5. The number of phenols is 1. The number of nitrogens with one attached hydrogen (secondary N) is 2. The van der Waals surface area contributed by atoms with Gasteiger partial charge in [0.05, 0.1) is 11.6 Å². The van der Waals surface area contributed by atoms with Crippen molar-refractivity contribution < 1.29 is 19.5 Å². The number of rotatable bonds is 4. The van der Waals surface area contributed by atoms with Gasteiger partial charge in [-0.3, -0.25) is 19.7 Å². The first kappa shape index (κ1) is 15.7. The third-order valence-electron chi connectivity index (χ3n) is 3.92. The second-order valence-corrected chi connectivity index (χ2v) is 5.69. The van der Waals surface area contributed by atoms with Gasteiger partial charge in [-0.25, -0.2) is 0 Å². The highest BCUT2D eigenvalue weighted by atomic mass is 16.3. The first-order valence-corrected chi connectivity index (χ1v) is 7.55. The highest BCUT2D eigenvalue weighted by Gasteiger charge is 2.30. The van der Waals surface area contributed by atoms with E-state index in [-0.39, 0.29) is 35.8 Å². The molecular formula is C18H16N2O4. The molecular weight excluding hydrogens is 308 g/mol. The largest absolute Gasteiger partial charge is 0.506 e. The van der Waals surface area contributed by atoms with E-state index in [0.29, 0.717) is 17.7 Å². The number of aromatic hydroxyl groups is 1. The standard InChI is InChI=1S/C18H16N2O4/c21-15-4-2-1-3-14(15)19-17(23)12-7-5-11(6-8-12)9-13-10-16(22)20-18(13)24/h1-8,13,21H,9-10H2,(H,19,23)(H,20,22,24). The van der Waals surface area contributed by atoms with Crippen LogP contribution in [0, 0.1) is 5.92 Å². The van der Waals surface area contributed by atoms with E-state index in [9.17, 15) is 19.5 Å². The Hall–Kier alpha value is -3.15. The molecule has 1 saturated heterocycles. The number of benzene rings is 2. The van der Waals surface area contributed by atoms with Crippen LogP contribution in [0.2, 0.25) is 0 Å². The number of carbonyl (C=O) groups excluding carboxylic acids is 3. The van der Waals surface area contributed by atoms with Crippen LogP contribution in [0.3, 0.4) is 0 Å². The quantitative estimate of drug-likeness (QED) is 0.591. The van der Waals surface area contributed by atoms with E-state index in [4.69, 9.17) is 0 Å². The lowest BCUT2D eigenvalue weighted by atomic mass is 9.97. The Kier molecular flexibility index (Phi) is 4.29. The molecule has 1 aliphatic rings. The van der Waals surface area contributed by atoms with Crippen LogP contribution in [0.1, 0.15) is 22.3 Å². The van der Waals surface area contributed by atoms with Crippen LogP contribution in [0.5, 0.6) is 5.75 Å². The Morgan fingerprint density at radius 3 is 2.46 bits per heavy atom. The zero-order valence-electron chi connectivity index (χ0n) is 12.8. The molecule has 0 bridgehead atoms. The van der Waals surface area contributed by atoms with Crippen molar-refractivity contribution in [1.82, 2.24) is 5.32 Å². The molecule has 2 aromatic carbocycles. The van der Waals surface area contributed by atoms with Crippen molar-refractivity contribution in [3.63, 3.8) is 0 Å². The fourth-order valence-corrected chi connectivity index (χ4v) is 2.62. The Morgan fingerprint density at radius 2 is 1.83 bits per heavy atom. The lowest BCUT2D eigenvalue weighted by molar-refractivity contribution is -0.125. The molecule has 1 heterocycles. The van der Waals surface area contributed by atoms with Gasteiger partial charge >= 0.3 is 0 Å². The number of hydrogen-bond acceptors (Lipinski definition) is 4. The number of amides is 3. The zero-order chi connectivity index (χ0) is 17.1. The monoisotopic (exact) mass is 324 g/mol. The van der Waals surface area contributed by atoms with Crippen molar-refractivity contribution in [3.05, 3.63) is 59.7 Å². The summed E-state index contributed by atoms with van der Waals surface area (Å²) >= 11 is 0. The molecule has 1 aliphatic heterocycles. The molecule has 2 aromatic rings. The van der Waals surface area contributed by atoms with Crippen molar-refractivity contribution in [3.8, 4) is 5.75 Å². The molecule has 3 amide bonds. The number of carbonyl (C=O) groups is 3. The van der Waals surface area contributed by atoms with E-state index >= 15 is 0 Å². The molecule has 1 atom stereocenters. The van der Waals surface area contributed by atoms with Gasteiger partial charge in [-0.1, -0.05) is 24.3 Å². The zero-order valence-corrected chi connectivity index (χ0v) is 12.8. The van der Waals surface area contributed by atoms with Gasteiger partial charge in [0.1, 0.15) is 5.75 Å². The van der Waals surface area contributed by atoms with Crippen molar-refractivity contribution in [2.45, 2.75) is 12.8 Å². The molecule has 24 heavy (non-hydrogen) atoms. The summed E-state index contributed by atoms with van der Waals surface area (Å²) in [4.78, 5) is 35.0.